The summed E-state index contributed by atoms with van der Waals surface area (Å²) < 4.78 is 60.4. The molecule has 2 heterocycles. The molecule has 3 rings (SSSR count). The Bertz CT molecular complexity index is 711. The molecule has 0 amide bonds. The van der Waals surface area contributed by atoms with Gasteiger partial charge in [0.05, 0.1) is 18.8 Å². The molecule has 0 saturated carbocycles. The number of aryl methyl sites for hydroxylation is 1. The van der Waals surface area contributed by atoms with Gasteiger partial charge in [0, 0.05) is 25.7 Å². The van der Waals surface area contributed by atoms with Crippen LogP contribution in [0.4, 0.5) is 8.78 Å². The van der Waals surface area contributed by atoms with Gasteiger partial charge in [-0.2, -0.15) is 4.31 Å². The Hall–Kier alpha value is -1.09. The van der Waals surface area contributed by atoms with E-state index in [1.165, 1.54) is 11.2 Å². The third-order valence-corrected chi connectivity index (χ3v) is 6.48. The highest BCUT2D eigenvalue weighted by molar-refractivity contribution is 7.89. The van der Waals surface area contributed by atoms with E-state index in [0.717, 1.165) is 19.0 Å². The highest BCUT2D eigenvalue weighted by Crippen LogP contribution is 2.30. The maximum Gasteiger partial charge on any atom is 0.246 e. The van der Waals surface area contributed by atoms with Crippen molar-refractivity contribution in [1.82, 2.24) is 9.21 Å². The Morgan fingerprint density at radius 2 is 1.96 bits per heavy atom. The molecule has 1 aromatic rings. The Kier molecular flexibility index (Phi) is 4.43. The quantitative estimate of drug-likeness (QED) is 0.812. The maximum absolute atomic E-state index is 14.1. The molecular weight excluding hydrogens is 326 g/mol. The van der Waals surface area contributed by atoms with Gasteiger partial charge in [0.2, 0.25) is 10.0 Å². The van der Waals surface area contributed by atoms with Crippen LogP contribution in [0.15, 0.2) is 17.0 Å². The topological polar surface area (TPSA) is 49.9 Å². The number of sulfonamides is 1. The fourth-order valence-corrected chi connectivity index (χ4v) is 5.01. The molecule has 0 aromatic heterocycles. The van der Waals surface area contributed by atoms with Gasteiger partial charge >= 0.3 is 0 Å². The van der Waals surface area contributed by atoms with E-state index >= 15 is 0 Å². The number of piperidine rings is 1. The van der Waals surface area contributed by atoms with Crippen LogP contribution < -0.4 is 0 Å². The first-order valence-corrected chi connectivity index (χ1v) is 9.02. The number of benzene rings is 1. The zero-order valence-electron chi connectivity index (χ0n) is 13.1. The van der Waals surface area contributed by atoms with Crippen molar-refractivity contribution in [2.24, 2.45) is 0 Å². The summed E-state index contributed by atoms with van der Waals surface area (Å²) in [6.45, 7) is 3.24. The van der Waals surface area contributed by atoms with Crippen LogP contribution in [0.3, 0.4) is 0 Å². The van der Waals surface area contributed by atoms with Gasteiger partial charge in [-0.3, -0.25) is 0 Å². The molecule has 0 aliphatic carbocycles. The van der Waals surface area contributed by atoms with Crippen LogP contribution in [0.25, 0.3) is 0 Å². The molecule has 2 saturated heterocycles. The summed E-state index contributed by atoms with van der Waals surface area (Å²) in [6.07, 6.45) is 0.553. The summed E-state index contributed by atoms with van der Waals surface area (Å²) in [4.78, 5) is 1.57. The number of ether oxygens (including phenoxy) is 1. The predicted octanol–water partition coefficient (Wildman–Crippen LogP) is 1.37. The van der Waals surface area contributed by atoms with Crippen molar-refractivity contribution in [3.63, 3.8) is 0 Å². The Morgan fingerprint density at radius 1 is 1.22 bits per heavy atom. The van der Waals surface area contributed by atoms with Crippen LogP contribution in [0, 0.1) is 18.6 Å². The minimum atomic E-state index is -4.04. The second kappa shape index (κ2) is 6.08. The fraction of sp³-hybridized carbons (Fsp3) is 0.600. The highest BCUT2D eigenvalue weighted by atomic mass is 32.2. The SMILES string of the molecule is Cc1cc(S(=O)(=O)N2CCO[C@H]3CCN(C)C[C@@H]32)c(F)cc1F. The van der Waals surface area contributed by atoms with Gasteiger partial charge in [-0.05, 0) is 32.0 Å². The van der Waals surface area contributed by atoms with Crippen LogP contribution in [0.1, 0.15) is 12.0 Å². The molecule has 0 radical (unpaired) electrons. The van der Waals surface area contributed by atoms with Gasteiger partial charge in [-0.15, -0.1) is 0 Å². The molecule has 128 valence electrons. The Morgan fingerprint density at radius 3 is 2.70 bits per heavy atom. The van der Waals surface area contributed by atoms with Crippen molar-refractivity contribution >= 4 is 10.0 Å². The molecular formula is C15H20F2N2O3S. The van der Waals surface area contributed by atoms with E-state index in [1.807, 2.05) is 11.9 Å². The van der Waals surface area contributed by atoms with Gasteiger partial charge in [-0.1, -0.05) is 0 Å². The van der Waals surface area contributed by atoms with Crippen molar-refractivity contribution in [2.45, 2.75) is 30.4 Å². The number of likely N-dealkylation sites (tertiary alicyclic amines) is 1. The molecule has 0 spiro atoms. The van der Waals surface area contributed by atoms with Gasteiger partial charge < -0.3 is 9.64 Å². The molecule has 0 bridgehead atoms. The highest BCUT2D eigenvalue weighted by Gasteiger charge is 2.43. The zero-order chi connectivity index (χ0) is 16.8. The second-order valence-corrected chi connectivity index (χ2v) is 8.03. The normalized spacial score (nSPS) is 27.0. The largest absolute Gasteiger partial charge is 0.375 e. The standard InChI is InChI=1S/C15H20F2N2O3S/c1-10-7-15(12(17)8-11(10)16)23(20,21)19-5-6-22-14-3-4-18(2)9-13(14)19/h7-8,13-14H,3-6,9H2,1-2H3/t13-,14-/m0/s1. The summed E-state index contributed by atoms with van der Waals surface area (Å²) >= 11 is 0. The summed E-state index contributed by atoms with van der Waals surface area (Å²) in [6, 6.07) is 1.35. The van der Waals surface area contributed by atoms with Gasteiger partial charge in [-0.25, -0.2) is 17.2 Å². The first-order chi connectivity index (χ1) is 10.8. The molecule has 0 unspecified atom stereocenters. The van der Waals surface area contributed by atoms with Gasteiger partial charge in [0.1, 0.15) is 16.5 Å². The number of hydrogen-bond acceptors (Lipinski definition) is 4. The van der Waals surface area contributed by atoms with E-state index in [4.69, 9.17) is 4.74 Å². The van der Waals surface area contributed by atoms with E-state index in [-0.39, 0.29) is 30.9 Å². The third kappa shape index (κ3) is 3.00. The number of likely N-dealkylation sites (N-methyl/N-ethyl adjacent to an activating group) is 1. The number of halogens is 2. The summed E-state index contributed by atoms with van der Waals surface area (Å²) in [5.41, 5.74) is 0.107. The Balaban J connectivity index is 2.00. The number of fused-ring (bicyclic) bond motifs is 1. The van der Waals surface area contributed by atoms with E-state index in [2.05, 4.69) is 0 Å². The van der Waals surface area contributed by atoms with Crippen molar-refractivity contribution in [2.75, 3.05) is 33.3 Å². The summed E-state index contributed by atoms with van der Waals surface area (Å²) in [5.74, 6) is -1.81. The lowest BCUT2D eigenvalue weighted by atomic mass is 10.0. The van der Waals surface area contributed by atoms with E-state index in [1.54, 1.807) is 0 Å². The maximum atomic E-state index is 14.1. The fourth-order valence-electron chi connectivity index (χ4n) is 3.25. The van der Waals surface area contributed by atoms with Crippen molar-refractivity contribution in [3.8, 4) is 0 Å². The lowest BCUT2D eigenvalue weighted by Gasteiger charge is -2.45. The van der Waals surface area contributed by atoms with Crippen LogP contribution in [-0.2, 0) is 14.8 Å². The number of rotatable bonds is 2. The van der Waals surface area contributed by atoms with E-state index in [0.29, 0.717) is 12.6 Å². The number of hydrogen-bond donors (Lipinski definition) is 0. The molecule has 2 fully saturated rings. The zero-order valence-corrected chi connectivity index (χ0v) is 13.9. The molecule has 2 aliphatic heterocycles. The van der Waals surface area contributed by atoms with Gasteiger partial charge in [0.15, 0.2) is 0 Å². The van der Waals surface area contributed by atoms with E-state index in [9.17, 15) is 17.2 Å². The molecule has 1 aromatic carbocycles. The minimum absolute atomic E-state index is 0.107. The number of nitrogens with zero attached hydrogens (tertiary/aromatic N) is 2. The predicted molar refractivity (Wildman–Crippen MR) is 80.6 cm³/mol. The Labute approximate surface area is 134 Å². The number of morpholine rings is 1. The van der Waals surface area contributed by atoms with E-state index < -0.39 is 26.6 Å². The first-order valence-electron chi connectivity index (χ1n) is 7.58. The van der Waals surface area contributed by atoms with Crippen molar-refractivity contribution in [3.05, 3.63) is 29.3 Å². The minimum Gasteiger partial charge on any atom is -0.375 e. The second-order valence-electron chi connectivity index (χ2n) is 6.18. The summed E-state index contributed by atoms with van der Waals surface area (Å²) in [7, 11) is -2.13. The first kappa shape index (κ1) is 16.8. The lowest BCUT2D eigenvalue weighted by molar-refractivity contribution is -0.0720. The molecule has 2 atom stereocenters. The van der Waals surface area contributed by atoms with Crippen molar-refractivity contribution < 1.29 is 21.9 Å². The average molecular weight is 346 g/mol. The molecule has 23 heavy (non-hydrogen) atoms. The third-order valence-electron chi connectivity index (χ3n) is 4.54. The monoisotopic (exact) mass is 346 g/mol. The van der Waals surface area contributed by atoms with Crippen molar-refractivity contribution in [1.29, 1.82) is 0 Å². The van der Waals surface area contributed by atoms with Crippen LogP contribution in [0.2, 0.25) is 0 Å². The molecule has 8 heteroatoms. The molecule has 0 N–H and O–H groups in total. The van der Waals surface area contributed by atoms with Crippen LogP contribution in [0.5, 0.6) is 0 Å². The van der Waals surface area contributed by atoms with Crippen LogP contribution in [-0.4, -0.2) is 63.1 Å². The molecule has 5 nitrogen and oxygen atoms in total. The smallest absolute Gasteiger partial charge is 0.246 e. The summed E-state index contributed by atoms with van der Waals surface area (Å²) in [5, 5.41) is 0. The van der Waals surface area contributed by atoms with Crippen LogP contribution >= 0.6 is 0 Å². The molecule has 2 aliphatic rings. The average Bonchev–Trinajstić information content (AvgIpc) is 2.50. The van der Waals surface area contributed by atoms with Gasteiger partial charge in [0.25, 0.3) is 0 Å². The lowest BCUT2D eigenvalue weighted by Crippen LogP contribution is -2.60.